The highest BCUT2D eigenvalue weighted by Gasteiger charge is 2.70. The molecule has 25 heavy (non-hydrogen) atoms. The fraction of sp³-hybridized carbons (Fsp3) is 0.722. The van der Waals surface area contributed by atoms with Gasteiger partial charge < -0.3 is 14.8 Å². The molecule has 4 aliphatic rings. The number of carbonyl (C=O) groups excluding carboxylic acids is 1. The van der Waals surface area contributed by atoms with Crippen molar-refractivity contribution < 1.29 is 14.3 Å². The van der Waals surface area contributed by atoms with Crippen molar-refractivity contribution in [2.45, 2.75) is 75.5 Å². The van der Waals surface area contributed by atoms with Gasteiger partial charge in [-0.25, -0.2) is 9.78 Å². The molecular formula is C18H23N3O3S. The number of amides is 1. The first-order valence-corrected chi connectivity index (χ1v) is 9.62. The van der Waals surface area contributed by atoms with E-state index in [4.69, 9.17) is 14.7 Å². The van der Waals surface area contributed by atoms with Gasteiger partial charge in [-0.2, -0.15) is 5.26 Å². The number of carbonyl (C=O) groups is 1. The summed E-state index contributed by atoms with van der Waals surface area (Å²) in [7, 11) is 0. The van der Waals surface area contributed by atoms with Crippen molar-refractivity contribution in [2.24, 2.45) is 5.92 Å². The summed E-state index contributed by atoms with van der Waals surface area (Å²) in [5.41, 5.74) is 0.595. The molecule has 134 valence electrons. The van der Waals surface area contributed by atoms with Gasteiger partial charge in [-0.1, -0.05) is 11.3 Å². The highest BCUT2D eigenvalue weighted by Crippen LogP contribution is 2.67. The smallest absolute Gasteiger partial charge is 0.408 e. The van der Waals surface area contributed by atoms with E-state index in [1.54, 1.807) is 0 Å². The zero-order valence-electron chi connectivity index (χ0n) is 14.8. The number of ether oxygens (including phenoxy) is 2. The van der Waals surface area contributed by atoms with Crippen LogP contribution >= 0.6 is 11.3 Å². The molecular weight excluding hydrogens is 338 g/mol. The predicted molar refractivity (Wildman–Crippen MR) is 92.5 cm³/mol. The Kier molecular flexibility index (Phi) is 3.56. The van der Waals surface area contributed by atoms with Gasteiger partial charge in [-0.15, -0.1) is 0 Å². The summed E-state index contributed by atoms with van der Waals surface area (Å²) >= 11 is 1.53. The molecule has 1 amide bonds. The number of rotatable bonds is 4. The normalized spacial score (nSPS) is 35.4. The van der Waals surface area contributed by atoms with Crippen LogP contribution in [0.2, 0.25) is 0 Å². The summed E-state index contributed by atoms with van der Waals surface area (Å²) < 4.78 is 11.2. The number of hydrogen-bond donors (Lipinski definition) is 1. The summed E-state index contributed by atoms with van der Waals surface area (Å²) in [6.45, 7) is 5.61. The second-order valence-corrected chi connectivity index (χ2v) is 9.57. The van der Waals surface area contributed by atoms with Gasteiger partial charge in [0.25, 0.3) is 5.19 Å². The van der Waals surface area contributed by atoms with Crippen LogP contribution in [0.4, 0.5) is 4.79 Å². The van der Waals surface area contributed by atoms with Crippen molar-refractivity contribution in [1.82, 2.24) is 10.3 Å². The minimum absolute atomic E-state index is 0.0991. The van der Waals surface area contributed by atoms with Crippen LogP contribution in [0.25, 0.3) is 0 Å². The number of aromatic nitrogens is 1. The average Bonchev–Trinajstić information content (AvgIpc) is 2.82. The monoisotopic (exact) mass is 361 g/mol. The van der Waals surface area contributed by atoms with Gasteiger partial charge in [0, 0.05) is 29.2 Å². The Morgan fingerprint density at radius 2 is 2.08 bits per heavy atom. The van der Waals surface area contributed by atoms with Crippen LogP contribution in [-0.2, 0) is 10.2 Å². The Morgan fingerprint density at radius 1 is 1.40 bits per heavy atom. The fourth-order valence-corrected chi connectivity index (χ4v) is 5.03. The van der Waals surface area contributed by atoms with Crippen LogP contribution in [0.15, 0.2) is 5.38 Å². The van der Waals surface area contributed by atoms with Gasteiger partial charge in [-0.05, 0) is 40.0 Å². The van der Waals surface area contributed by atoms with Gasteiger partial charge in [0.2, 0.25) is 0 Å². The van der Waals surface area contributed by atoms with E-state index in [1.807, 2.05) is 20.8 Å². The molecule has 0 atom stereocenters. The topological polar surface area (TPSA) is 84.2 Å². The molecule has 1 aromatic heterocycles. The van der Waals surface area contributed by atoms with Crippen LogP contribution in [0.5, 0.6) is 5.19 Å². The van der Waals surface area contributed by atoms with E-state index in [1.165, 1.54) is 11.3 Å². The van der Waals surface area contributed by atoms with Crippen LogP contribution in [0.1, 0.15) is 58.6 Å². The second kappa shape index (κ2) is 5.34. The van der Waals surface area contributed by atoms with Crippen LogP contribution in [0, 0.1) is 17.2 Å². The molecule has 0 unspecified atom stereocenters. The number of nitriles is 1. The molecule has 4 saturated carbocycles. The lowest BCUT2D eigenvalue weighted by molar-refractivity contribution is -0.0908. The Bertz CT molecular complexity index is 720. The molecule has 7 heteroatoms. The molecule has 1 aromatic rings. The fourth-order valence-electron chi connectivity index (χ4n) is 4.18. The van der Waals surface area contributed by atoms with Crippen LogP contribution < -0.4 is 10.1 Å². The number of alkyl carbamates (subject to hydrolysis) is 1. The third kappa shape index (κ3) is 2.97. The predicted octanol–water partition coefficient (Wildman–Crippen LogP) is 3.52. The van der Waals surface area contributed by atoms with Gasteiger partial charge in [0.05, 0.1) is 17.7 Å². The van der Waals surface area contributed by atoms with Gasteiger partial charge in [0.1, 0.15) is 11.7 Å². The van der Waals surface area contributed by atoms with Crippen molar-refractivity contribution >= 4 is 17.4 Å². The molecule has 0 saturated heterocycles. The third-order valence-corrected chi connectivity index (χ3v) is 6.10. The summed E-state index contributed by atoms with van der Waals surface area (Å²) in [4.78, 5) is 16.6. The minimum atomic E-state index is -0.474. The Labute approximate surface area is 151 Å². The largest absolute Gasteiger partial charge is 0.467 e. The van der Waals surface area contributed by atoms with Crippen molar-refractivity contribution in [1.29, 1.82) is 5.26 Å². The zero-order valence-corrected chi connectivity index (χ0v) is 15.6. The van der Waals surface area contributed by atoms with E-state index in [9.17, 15) is 4.79 Å². The maximum Gasteiger partial charge on any atom is 0.408 e. The van der Waals surface area contributed by atoms with Crippen LogP contribution in [-0.4, -0.2) is 28.3 Å². The first-order chi connectivity index (χ1) is 11.7. The van der Waals surface area contributed by atoms with Crippen molar-refractivity contribution in [3.8, 4) is 11.3 Å². The van der Waals surface area contributed by atoms with E-state index >= 15 is 0 Å². The molecule has 1 N–H and O–H groups in total. The van der Waals surface area contributed by atoms with Crippen molar-refractivity contribution in [2.75, 3.05) is 0 Å². The highest BCUT2D eigenvalue weighted by atomic mass is 32.1. The maximum atomic E-state index is 12.0. The molecule has 0 aromatic carbocycles. The summed E-state index contributed by atoms with van der Waals surface area (Å²) in [5, 5.41) is 14.6. The lowest BCUT2D eigenvalue weighted by Gasteiger charge is -2.69. The SMILES string of the molecule is CC(C)(C)OC(=O)NC12CC(c3csc(O[C@H]4C[C@@H](C#N)C4)n3)(C1)C2. The van der Waals surface area contributed by atoms with E-state index < -0.39 is 5.60 Å². The quantitative estimate of drug-likeness (QED) is 0.887. The van der Waals surface area contributed by atoms with Gasteiger partial charge >= 0.3 is 6.09 Å². The van der Waals surface area contributed by atoms with Crippen molar-refractivity contribution in [3.63, 3.8) is 0 Å². The van der Waals surface area contributed by atoms with Gasteiger partial charge in [0.15, 0.2) is 0 Å². The third-order valence-electron chi connectivity index (χ3n) is 5.37. The van der Waals surface area contributed by atoms with E-state index in [2.05, 4.69) is 21.8 Å². The number of hydrogen-bond acceptors (Lipinski definition) is 6. The summed E-state index contributed by atoms with van der Waals surface area (Å²) in [6.07, 6.45) is 4.17. The van der Waals surface area contributed by atoms with Crippen LogP contribution in [0.3, 0.4) is 0 Å². The standard InChI is InChI=1S/C18H23N3O3S/c1-16(2,3)24-14(22)21-18-8-17(9-18,10-18)13-7-25-15(20-13)23-12-4-11(5-12)6-19/h7,11-12H,4-5,8-10H2,1-3H3,(H,21,22)/t11-,12+,17?,18?. The molecule has 1 heterocycles. The highest BCUT2D eigenvalue weighted by molar-refractivity contribution is 7.11. The van der Waals surface area contributed by atoms with E-state index in [0.29, 0.717) is 5.19 Å². The van der Waals surface area contributed by atoms with Gasteiger partial charge in [-0.3, -0.25) is 0 Å². The zero-order chi connectivity index (χ0) is 17.9. The first-order valence-electron chi connectivity index (χ1n) is 8.74. The Hall–Kier alpha value is -1.81. The van der Waals surface area contributed by atoms with E-state index in [0.717, 1.165) is 37.8 Å². The minimum Gasteiger partial charge on any atom is -0.467 e. The lowest BCUT2D eigenvalue weighted by atomic mass is 9.38. The lowest BCUT2D eigenvalue weighted by Crippen LogP contribution is -2.77. The second-order valence-electron chi connectivity index (χ2n) is 8.75. The molecule has 4 fully saturated rings. The average molecular weight is 361 g/mol. The maximum absolute atomic E-state index is 12.0. The first kappa shape index (κ1) is 16.6. The Morgan fingerprint density at radius 3 is 2.68 bits per heavy atom. The Balaban J connectivity index is 1.29. The van der Waals surface area contributed by atoms with E-state index in [-0.39, 0.29) is 29.1 Å². The molecule has 0 radical (unpaired) electrons. The molecule has 2 bridgehead atoms. The number of thiazole rings is 1. The summed E-state index contributed by atoms with van der Waals surface area (Å²) in [5.74, 6) is 0.140. The number of nitrogens with one attached hydrogen (secondary N) is 1. The molecule has 6 nitrogen and oxygen atoms in total. The molecule has 0 spiro atoms. The number of nitrogens with zero attached hydrogens (tertiary/aromatic N) is 2. The summed E-state index contributed by atoms with van der Waals surface area (Å²) in [6, 6.07) is 2.26. The molecule has 5 rings (SSSR count). The van der Waals surface area contributed by atoms with Crippen molar-refractivity contribution in [3.05, 3.63) is 11.1 Å². The molecule has 0 aliphatic heterocycles. The molecule has 4 aliphatic carbocycles.